The molecule has 1 aromatic carbocycles. The molecule has 1 amide bonds. The van der Waals surface area contributed by atoms with E-state index in [9.17, 15) is 9.18 Å². The molecule has 96 valence electrons. The maximum Gasteiger partial charge on any atom is 0.256 e. The van der Waals surface area contributed by atoms with Crippen LogP contribution in [0.25, 0.3) is 0 Å². The number of aryl methyl sites for hydroxylation is 1. The maximum atomic E-state index is 13.1. The van der Waals surface area contributed by atoms with Gasteiger partial charge >= 0.3 is 0 Å². The minimum absolute atomic E-state index is 0.0304. The van der Waals surface area contributed by atoms with Crippen LogP contribution in [0.15, 0.2) is 23.3 Å². The van der Waals surface area contributed by atoms with Crippen LogP contribution in [-0.2, 0) is 4.79 Å². The highest BCUT2D eigenvalue weighted by Gasteiger charge is 2.36. The molecule has 1 heterocycles. The summed E-state index contributed by atoms with van der Waals surface area (Å²) >= 11 is 0. The first-order valence-electron chi connectivity index (χ1n) is 6.07. The molecular weight excluding hydrogens is 231 g/mol. The summed E-state index contributed by atoms with van der Waals surface area (Å²) in [6.07, 6.45) is 0. The molecule has 0 aromatic heterocycles. The monoisotopic (exact) mass is 248 g/mol. The number of benzene rings is 1. The molecule has 1 aromatic rings. The highest BCUT2D eigenvalue weighted by Crippen LogP contribution is 2.30. The van der Waals surface area contributed by atoms with Gasteiger partial charge in [-0.2, -0.15) is 10.1 Å². The van der Waals surface area contributed by atoms with E-state index in [2.05, 4.69) is 5.10 Å². The lowest BCUT2D eigenvalue weighted by Gasteiger charge is -2.18. The fourth-order valence-electron chi connectivity index (χ4n) is 2.38. The first-order chi connectivity index (χ1) is 8.41. The Kier molecular flexibility index (Phi) is 3.20. The zero-order valence-corrected chi connectivity index (χ0v) is 11.1. The molecule has 1 aliphatic rings. The smallest absolute Gasteiger partial charge is 0.256 e. The predicted octanol–water partition coefficient (Wildman–Crippen LogP) is 3.13. The molecule has 18 heavy (non-hydrogen) atoms. The van der Waals surface area contributed by atoms with E-state index in [1.807, 2.05) is 20.8 Å². The Hall–Kier alpha value is -1.71. The van der Waals surface area contributed by atoms with Gasteiger partial charge in [0.1, 0.15) is 5.82 Å². The zero-order chi connectivity index (χ0) is 13.4. The number of anilines is 1. The number of hydrazone groups is 1. The van der Waals surface area contributed by atoms with Gasteiger partial charge in [-0.15, -0.1) is 0 Å². The minimum atomic E-state index is -0.302. The first-order valence-corrected chi connectivity index (χ1v) is 6.07. The topological polar surface area (TPSA) is 32.7 Å². The largest absolute Gasteiger partial charge is 0.272 e. The molecule has 0 bridgehead atoms. The van der Waals surface area contributed by atoms with E-state index in [0.717, 1.165) is 5.71 Å². The van der Waals surface area contributed by atoms with Gasteiger partial charge in [0.2, 0.25) is 0 Å². The molecule has 0 N–H and O–H groups in total. The molecule has 0 saturated carbocycles. The van der Waals surface area contributed by atoms with E-state index in [-0.39, 0.29) is 23.6 Å². The van der Waals surface area contributed by atoms with Crippen LogP contribution in [0.5, 0.6) is 0 Å². The second kappa shape index (κ2) is 4.52. The van der Waals surface area contributed by atoms with Gasteiger partial charge in [0.25, 0.3) is 5.91 Å². The van der Waals surface area contributed by atoms with Gasteiger partial charge in [0, 0.05) is 5.71 Å². The molecule has 0 fully saturated rings. The molecule has 1 unspecified atom stereocenters. The summed E-state index contributed by atoms with van der Waals surface area (Å²) in [5, 5.41) is 5.71. The van der Waals surface area contributed by atoms with E-state index in [1.54, 1.807) is 13.0 Å². The summed E-state index contributed by atoms with van der Waals surface area (Å²) < 4.78 is 13.1. The molecule has 0 radical (unpaired) electrons. The maximum absolute atomic E-state index is 13.1. The predicted molar refractivity (Wildman–Crippen MR) is 70.1 cm³/mol. The summed E-state index contributed by atoms with van der Waals surface area (Å²) in [4.78, 5) is 12.3. The lowest BCUT2D eigenvalue weighted by molar-refractivity contribution is -0.120. The standard InChI is InChI=1S/C14H17FN2O/c1-8(2)13-10(4)16-17(14(13)18)12-6-5-11(15)7-9(12)3/h5-8,13H,1-4H3. The van der Waals surface area contributed by atoms with Crippen molar-refractivity contribution < 1.29 is 9.18 Å². The third kappa shape index (κ3) is 2.03. The van der Waals surface area contributed by atoms with Crippen LogP contribution in [0.1, 0.15) is 26.3 Å². The molecule has 0 aliphatic carbocycles. The number of amides is 1. The van der Waals surface area contributed by atoms with Crippen molar-refractivity contribution in [2.45, 2.75) is 27.7 Å². The van der Waals surface area contributed by atoms with Crippen LogP contribution < -0.4 is 5.01 Å². The van der Waals surface area contributed by atoms with Crippen molar-refractivity contribution in [1.29, 1.82) is 0 Å². The van der Waals surface area contributed by atoms with Crippen LogP contribution in [0.3, 0.4) is 0 Å². The average Bonchev–Trinajstić information content (AvgIpc) is 2.54. The van der Waals surface area contributed by atoms with E-state index >= 15 is 0 Å². The third-order valence-electron chi connectivity index (χ3n) is 3.24. The van der Waals surface area contributed by atoms with Crippen LogP contribution >= 0.6 is 0 Å². The number of nitrogens with zero attached hydrogens (tertiary/aromatic N) is 2. The Morgan fingerprint density at radius 2 is 2.00 bits per heavy atom. The van der Waals surface area contributed by atoms with Crippen molar-refractivity contribution >= 4 is 17.3 Å². The van der Waals surface area contributed by atoms with Crippen LogP contribution in [0.4, 0.5) is 10.1 Å². The first kappa shape index (κ1) is 12.7. The Morgan fingerprint density at radius 1 is 1.33 bits per heavy atom. The highest BCUT2D eigenvalue weighted by molar-refractivity contribution is 6.15. The van der Waals surface area contributed by atoms with Gasteiger partial charge in [-0.1, -0.05) is 13.8 Å². The third-order valence-corrected chi connectivity index (χ3v) is 3.24. The van der Waals surface area contributed by atoms with Crippen molar-refractivity contribution in [2.24, 2.45) is 16.9 Å². The molecule has 1 aliphatic heterocycles. The lowest BCUT2D eigenvalue weighted by atomic mass is 9.91. The van der Waals surface area contributed by atoms with Crippen LogP contribution in [0, 0.1) is 24.6 Å². The zero-order valence-electron chi connectivity index (χ0n) is 11.1. The highest BCUT2D eigenvalue weighted by atomic mass is 19.1. The van der Waals surface area contributed by atoms with Crippen LogP contribution in [-0.4, -0.2) is 11.6 Å². The second-order valence-electron chi connectivity index (χ2n) is 5.04. The van der Waals surface area contributed by atoms with Crippen molar-refractivity contribution in [2.75, 3.05) is 5.01 Å². The SMILES string of the molecule is CC1=NN(c2ccc(F)cc2C)C(=O)C1C(C)C. The number of halogens is 1. The van der Waals surface area contributed by atoms with Crippen molar-refractivity contribution in [3.8, 4) is 0 Å². The number of carbonyl (C=O) groups is 1. The summed E-state index contributed by atoms with van der Waals surface area (Å²) in [6, 6.07) is 4.36. The summed E-state index contributed by atoms with van der Waals surface area (Å²) in [5.74, 6) is -0.289. The quantitative estimate of drug-likeness (QED) is 0.791. The number of hydrogen-bond donors (Lipinski definition) is 0. The molecule has 0 saturated heterocycles. The van der Waals surface area contributed by atoms with Gasteiger partial charge in [0.05, 0.1) is 11.6 Å². The van der Waals surface area contributed by atoms with E-state index < -0.39 is 0 Å². The summed E-state index contributed by atoms with van der Waals surface area (Å²) in [7, 11) is 0. The lowest BCUT2D eigenvalue weighted by Crippen LogP contribution is -2.30. The normalized spacial score (nSPS) is 19.7. The average molecular weight is 248 g/mol. The summed E-state index contributed by atoms with van der Waals surface area (Å²) in [6.45, 7) is 7.64. The Bertz CT molecular complexity index is 523. The van der Waals surface area contributed by atoms with E-state index in [0.29, 0.717) is 11.3 Å². The molecule has 1 atom stereocenters. The van der Waals surface area contributed by atoms with Crippen LogP contribution in [0.2, 0.25) is 0 Å². The molecule has 0 spiro atoms. The fourth-order valence-corrected chi connectivity index (χ4v) is 2.38. The van der Waals surface area contributed by atoms with Gasteiger partial charge in [-0.05, 0) is 43.5 Å². The Labute approximate surface area is 106 Å². The minimum Gasteiger partial charge on any atom is -0.272 e. The number of hydrogen-bond acceptors (Lipinski definition) is 2. The Morgan fingerprint density at radius 3 is 2.50 bits per heavy atom. The van der Waals surface area contributed by atoms with Gasteiger partial charge in [-0.3, -0.25) is 4.79 Å². The van der Waals surface area contributed by atoms with Gasteiger partial charge < -0.3 is 0 Å². The Balaban J connectivity index is 2.39. The molecule has 2 rings (SSSR count). The van der Waals surface area contributed by atoms with Crippen molar-refractivity contribution in [1.82, 2.24) is 0 Å². The van der Waals surface area contributed by atoms with E-state index in [1.165, 1.54) is 17.1 Å². The van der Waals surface area contributed by atoms with Crippen molar-refractivity contribution in [3.63, 3.8) is 0 Å². The molecule has 4 heteroatoms. The molecule has 3 nitrogen and oxygen atoms in total. The van der Waals surface area contributed by atoms with Gasteiger partial charge in [-0.25, -0.2) is 4.39 Å². The fraction of sp³-hybridized carbons (Fsp3) is 0.429. The second-order valence-corrected chi connectivity index (χ2v) is 5.04. The molecular formula is C14H17FN2O. The number of carbonyl (C=O) groups excluding carboxylic acids is 1. The number of rotatable bonds is 2. The summed E-state index contributed by atoms with van der Waals surface area (Å²) in [5.41, 5.74) is 2.19. The van der Waals surface area contributed by atoms with Crippen molar-refractivity contribution in [3.05, 3.63) is 29.6 Å². The van der Waals surface area contributed by atoms with Gasteiger partial charge in [0.15, 0.2) is 0 Å². The van der Waals surface area contributed by atoms with E-state index in [4.69, 9.17) is 0 Å².